The summed E-state index contributed by atoms with van der Waals surface area (Å²) in [6.07, 6.45) is 2.45. The molecule has 110 valence electrons. The molecule has 2 aromatic rings. The Kier molecular flexibility index (Phi) is 5.02. The Bertz CT molecular complexity index is 558. The van der Waals surface area contributed by atoms with Crippen molar-refractivity contribution in [2.45, 2.75) is 19.4 Å². The molecule has 0 atom stereocenters. The predicted molar refractivity (Wildman–Crippen MR) is 85.0 cm³/mol. The van der Waals surface area contributed by atoms with E-state index in [2.05, 4.69) is 34.7 Å². The zero-order valence-electron chi connectivity index (χ0n) is 12.0. The third-order valence-electron chi connectivity index (χ3n) is 4.29. The zero-order valence-corrected chi connectivity index (χ0v) is 12.8. The summed E-state index contributed by atoms with van der Waals surface area (Å²) in [6.45, 7) is 4.07. The van der Waals surface area contributed by atoms with Gasteiger partial charge in [-0.2, -0.15) is 0 Å². The lowest BCUT2D eigenvalue weighted by atomic mass is 9.97. The number of para-hydroxylation sites is 2. The second kappa shape index (κ2) is 6.57. The minimum atomic E-state index is 0. The molecule has 5 heteroatoms. The molecule has 0 unspecified atom stereocenters. The van der Waals surface area contributed by atoms with E-state index in [4.69, 9.17) is 10.7 Å². The van der Waals surface area contributed by atoms with E-state index < -0.39 is 0 Å². The van der Waals surface area contributed by atoms with E-state index >= 15 is 0 Å². The van der Waals surface area contributed by atoms with Gasteiger partial charge in [0.15, 0.2) is 0 Å². The minimum Gasteiger partial charge on any atom is -0.330 e. The average Bonchev–Trinajstić information content (AvgIpc) is 2.77. The van der Waals surface area contributed by atoms with Crippen LogP contribution in [0.5, 0.6) is 0 Å². The van der Waals surface area contributed by atoms with E-state index in [1.165, 1.54) is 18.4 Å². The van der Waals surface area contributed by atoms with E-state index in [0.717, 1.165) is 43.4 Å². The van der Waals surface area contributed by atoms with Crippen LogP contribution in [0.15, 0.2) is 24.3 Å². The molecular weight excluding hydrogens is 272 g/mol. The van der Waals surface area contributed by atoms with Crippen LogP contribution >= 0.6 is 12.4 Å². The first-order valence-electron chi connectivity index (χ1n) is 7.10. The summed E-state index contributed by atoms with van der Waals surface area (Å²) >= 11 is 0. The molecule has 0 spiro atoms. The number of fused-ring (bicyclic) bond motifs is 1. The maximum atomic E-state index is 5.74. The summed E-state index contributed by atoms with van der Waals surface area (Å²) in [5, 5.41) is 0. The van der Waals surface area contributed by atoms with Crippen molar-refractivity contribution < 1.29 is 0 Å². The van der Waals surface area contributed by atoms with Gasteiger partial charge in [-0.1, -0.05) is 12.1 Å². The molecular formula is C15H23ClN4. The van der Waals surface area contributed by atoms with Gasteiger partial charge in [0, 0.05) is 7.05 Å². The van der Waals surface area contributed by atoms with Crippen molar-refractivity contribution in [3.8, 4) is 0 Å². The number of aryl methyl sites for hydroxylation is 1. The molecule has 20 heavy (non-hydrogen) atoms. The number of hydrogen-bond donors (Lipinski definition) is 1. The quantitative estimate of drug-likeness (QED) is 0.944. The molecule has 0 bridgehead atoms. The highest BCUT2D eigenvalue weighted by atomic mass is 35.5. The van der Waals surface area contributed by atoms with Gasteiger partial charge in [0.1, 0.15) is 5.82 Å². The normalized spacial score (nSPS) is 17.3. The van der Waals surface area contributed by atoms with E-state index in [9.17, 15) is 0 Å². The van der Waals surface area contributed by atoms with Gasteiger partial charge in [0.25, 0.3) is 0 Å². The number of rotatable bonds is 3. The van der Waals surface area contributed by atoms with Gasteiger partial charge in [-0.15, -0.1) is 12.4 Å². The minimum absolute atomic E-state index is 0. The largest absolute Gasteiger partial charge is 0.330 e. The van der Waals surface area contributed by atoms with Crippen LogP contribution in [0.1, 0.15) is 18.7 Å². The summed E-state index contributed by atoms with van der Waals surface area (Å²) < 4.78 is 2.21. The van der Waals surface area contributed by atoms with Gasteiger partial charge in [0.2, 0.25) is 0 Å². The van der Waals surface area contributed by atoms with Crippen molar-refractivity contribution in [2.24, 2.45) is 18.7 Å². The fraction of sp³-hybridized carbons (Fsp3) is 0.533. The molecule has 0 amide bonds. The van der Waals surface area contributed by atoms with Gasteiger partial charge in [-0.25, -0.2) is 4.98 Å². The van der Waals surface area contributed by atoms with Crippen molar-refractivity contribution in [3.63, 3.8) is 0 Å². The number of piperidine rings is 1. The molecule has 3 rings (SSSR count). The van der Waals surface area contributed by atoms with Crippen molar-refractivity contribution in [3.05, 3.63) is 30.1 Å². The number of imidazole rings is 1. The Balaban J connectivity index is 0.00000147. The molecule has 0 aliphatic carbocycles. The van der Waals surface area contributed by atoms with Crippen molar-refractivity contribution in [1.82, 2.24) is 14.5 Å². The highest BCUT2D eigenvalue weighted by molar-refractivity contribution is 5.85. The third kappa shape index (κ3) is 2.97. The molecule has 0 radical (unpaired) electrons. The Morgan fingerprint density at radius 2 is 1.95 bits per heavy atom. The summed E-state index contributed by atoms with van der Waals surface area (Å²) in [5.41, 5.74) is 8.05. The van der Waals surface area contributed by atoms with Crippen molar-refractivity contribution in [2.75, 3.05) is 19.6 Å². The van der Waals surface area contributed by atoms with Crippen LogP contribution in [0.2, 0.25) is 0 Å². The van der Waals surface area contributed by atoms with Gasteiger partial charge < -0.3 is 10.3 Å². The van der Waals surface area contributed by atoms with E-state index in [-0.39, 0.29) is 12.4 Å². The van der Waals surface area contributed by atoms with Crippen molar-refractivity contribution >= 4 is 23.4 Å². The first kappa shape index (κ1) is 15.3. The summed E-state index contributed by atoms with van der Waals surface area (Å²) in [7, 11) is 2.11. The Hall–Kier alpha value is -1.10. The number of benzene rings is 1. The molecule has 1 aliphatic heterocycles. The van der Waals surface area contributed by atoms with Crippen LogP contribution in [0.25, 0.3) is 11.0 Å². The topological polar surface area (TPSA) is 47.1 Å². The lowest BCUT2D eigenvalue weighted by molar-refractivity contribution is 0.175. The summed E-state index contributed by atoms with van der Waals surface area (Å²) in [5.74, 6) is 1.88. The number of halogens is 1. The molecule has 1 aliphatic rings. The molecule has 1 saturated heterocycles. The van der Waals surface area contributed by atoms with Crippen molar-refractivity contribution in [1.29, 1.82) is 0 Å². The number of hydrogen-bond acceptors (Lipinski definition) is 3. The Labute approximate surface area is 126 Å². The second-order valence-electron chi connectivity index (χ2n) is 5.53. The summed E-state index contributed by atoms with van der Waals surface area (Å²) in [6, 6.07) is 8.33. The van der Waals surface area contributed by atoms with E-state index in [1.807, 2.05) is 6.07 Å². The van der Waals surface area contributed by atoms with Crippen LogP contribution in [0.3, 0.4) is 0 Å². The van der Waals surface area contributed by atoms with Gasteiger partial charge >= 0.3 is 0 Å². The second-order valence-corrected chi connectivity index (χ2v) is 5.53. The van der Waals surface area contributed by atoms with Crippen LogP contribution < -0.4 is 5.73 Å². The molecule has 2 N–H and O–H groups in total. The maximum Gasteiger partial charge on any atom is 0.123 e. The number of likely N-dealkylation sites (tertiary alicyclic amines) is 1. The van der Waals surface area contributed by atoms with Crippen LogP contribution in [0, 0.1) is 5.92 Å². The zero-order chi connectivity index (χ0) is 13.2. The smallest absolute Gasteiger partial charge is 0.123 e. The molecule has 1 aromatic carbocycles. The number of nitrogens with two attached hydrogens (primary N) is 1. The predicted octanol–water partition coefficient (Wildman–Crippen LogP) is 2.17. The molecule has 2 heterocycles. The molecule has 1 fully saturated rings. The third-order valence-corrected chi connectivity index (χ3v) is 4.29. The van der Waals surface area contributed by atoms with Crippen LogP contribution in [-0.4, -0.2) is 34.1 Å². The Morgan fingerprint density at radius 1 is 1.25 bits per heavy atom. The fourth-order valence-electron chi connectivity index (χ4n) is 2.92. The SMILES string of the molecule is Cl.Cn1c(CN2CCC(CN)CC2)nc2ccccc21. The first-order valence-corrected chi connectivity index (χ1v) is 7.10. The first-order chi connectivity index (χ1) is 9.28. The monoisotopic (exact) mass is 294 g/mol. The number of aromatic nitrogens is 2. The van der Waals surface area contributed by atoms with E-state index in [0.29, 0.717) is 0 Å². The fourth-order valence-corrected chi connectivity index (χ4v) is 2.92. The standard InChI is InChI=1S/C15H22N4.ClH/c1-18-14-5-3-2-4-13(14)17-15(18)11-19-8-6-12(10-16)7-9-19;/h2-5,12H,6-11,16H2,1H3;1H. The van der Waals surface area contributed by atoms with Crippen LogP contribution in [0.4, 0.5) is 0 Å². The van der Waals surface area contributed by atoms with Crippen LogP contribution in [-0.2, 0) is 13.6 Å². The highest BCUT2D eigenvalue weighted by Gasteiger charge is 2.19. The average molecular weight is 295 g/mol. The Morgan fingerprint density at radius 3 is 2.60 bits per heavy atom. The van der Waals surface area contributed by atoms with Gasteiger partial charge in [-0.05, 0) is 50.5 Å². The van der Waals surface area contributed by atoms with E-state index in [1.54, 1.807) is 0 Å². The molecule has 0 saturated carbocycles. The lowest BCUT2D eigenvalue weighted by Gasteiger charge is -2.30. The van der Waals surface area contributed by atoms with Gasteiger partial charge in [0.05, 0.1) is 17.6 Å². The summed E-state index contributed by atoms with van der Waals surface area (Å²) in [4.78, 5) is 7.24. The molecule has 4 nitrogen and oxygen atoms in total. The maximum absolute atomic E-state index is 5.74. The number of nitrogens with zero attached hydrogens (tertiary/aromatic N) is 3. The lowest BCUT2D eigenvalue weighted by Crippen LogP contribution is -2.36. The molecule has 1 aromatic heterocycles. The highest BCUT2D eigenvalue weighted by Crippen LogP contribution is 2.20. The van der Waals surface area contributed by atoms with Gasteiger partial charge in [-0.3, -0.25) is 4.90 Å².